The largest absolute Gasteiger partial charge is 0.417 e. The van der Waals surface area contributed by atoms with Gasteiger partial charge in [-0.1, -0.05) is 0 Å². The number of hydrogen-bond acceptors (Lipinski definition) is 3. The van der Waals surface area contributed by atoms with Gasteiger partial charge in [-0.25, -0.2) is 13.8 Å². The van der Waals surface area contributed by atoms with E-state index < -0.39 is 41.7 Å². The fourth-order valence-corrected chi connectivity index (χ4v) is 1.23. The molecular weight excluding hydrogens is 247 g/mol. The number of nitrogens with zero attached hydrogens (tertiary/aromatic N) is 2. The fraction of sp³-hybridized carbons (Fsp3) is 0.333. The van der Waals surface area contributed by atoms with Gasteiger partial charge < -0.3 is 5.11 Å². The van der Waals surface area contributed by atoms with E-state index in [0.29, 0.717) is 6.07 Å². The second kappa shape index (κ2) is 4.63. The summed E-state index contributed by atoms with van der Waals surface area (Å²) >= 11 is 0. The number of pyridine rings is 1. The molecule has 0 saturated carbocycles. The Morgan fingerprint density at radius 1 is 1.41 bits per heavy atom. The van der Waals surface area contributed by atoms with E-state index in [-0.39, 0.29) is 0 Å². The first-order valence-corrected chi connectivity index (χ1v) is 4.21. The third kappa shape index (κ3) is 2.68. The highest BCUT2D eigenvalue weighted by atomic mass is 19.4. The van der Waals surface area contributed by atoms with Crippen LogP contribution in [0.1, 0.15) is 28.9 Å². The molecule has 0 spiro atoms. The van der Waals surface area contributed by atoms with Crippen LogP contribution < -0.4 is 0 Å². The van der Waals surface area contributed by atoms with Gasteiger partial charge in [-0.2, -0.15) is 18.4 Å². The standard InChI is InChI=1S/C9H5F5N2O/c10-8(11)7-5(9(12,13)14)1-4(3-17)16-6(7)2-15/h1,8,17H,3H2. The zero-order valence-corrected chi connectivity index (χ0v) is 8.09. The maximum atomic E-state index is 12.5. The Morgan fingerprint density at radius 2 is 2.00 bits per heavy atom. The van der Waals surface area contributed by atoms with Crippen molar-refractivity contribution in [3.8, 4) is 6.07 Å². The van der Waals surface area contributed by atoms with E-state index in [9.17, 15) is 22.0 Å². The highest BCUT2D eigenvalue weighted by Gasteiger charge is 2.38. The predicted octanol–water partition coefficient (Wildman–Crippen LogP) is 2.40. The van der Waals surface area contributed by atoms with Gasteiger partial charge in [-0.05, 0) is 6.07 Å². The summed E-state index contributed by atoms with van der Waals surface area (Å²) < 4.78 is 62.4. The average molecular weight is 252 g/mol. The van der Waals surface area contributed by atoms with Crippen molar-refractivity contribution in [1.82, 2.24) is 4.98 Å². The van der Waals surface area contributed by atoms with Gasteiger partial charge in [-0.3, -0.25) is 0 Å². The summed E-state index contributed by atoms with van der Waals surface area (Å²) in [7, 11) is 0. The average Bonchev–Trinajstić information content (AvgIpc) is 2.25. The molecule has 1 aromatic rings. The highest BCUT2D eigenvalue weighted by Crippen LogP contribution is 2.37. The van der Waals surface area contributed by atoms with Gasteiger partial charge in [0.15, 0.2) is 0 Å². The molecule has 0 fully saturated rings. The van der Waals surface area contributed by atoms with Crippen LogP contribution in [0.4, 0.5) is 22.0 Å². The van der Waals surface area contributed by atoms with E-state index in [2.05, 4.69) is 4.98 Å². The molecule has 0 aliphatic carbocycles. The normalized spacial score (nSPS) is 11.6. The number of rotatable bonds is 2. The number of aliphatic hydroxyl groups excluding tert-OH is 1. The van der Waals surface area contributed by atoms with Gasteiger partial charge in [0.1, 0.15) is 11.8 Å². The van der Waals surface area contributed by atoms with Crippen molar-refractivity contribution in [2.45, 2.75) is 19.2 Å². The molecule has 1 aromatic heterocycles. The Labute approximate surface area is 92.1 Å². The smallest absolute Gasteiger partial charge is 0.390 e. The van der Waals surface area contributed by atoms with Gasteiger partial charge in [0.25, 0.3) is 6.43 Å². The summed E-state index contributed by atoms with van der Waals surface area (Å²) in [5.74, 6) is 0. The van der Waals surface area contributed by atoms with Gasteiger partial charge in [-0.15, -0.1) is 0 Å². The lowest BCUT2D eigenvalue weighted by Crippen LogP contribution is -2.14. The van der Waals surface area contributed by atoms with E-state index >= 15 is 0 Å². The molecule has 17 heavy (non-hydrogen) atoms. The van der Waals surface area contributed by atoms with E-state index in [1.54, 1.807) is 0 Å². The monoisotopic (exact) mass is 252 g/mol. The minimum atomic E-state index is -5.04. The molecule has 0 amide bonds. The molecule has 0 aromatic carbocycles. The Hall–Kier alpha value is -1.75. The van der Waals surface area contributed by atoms with Crippen LogP contribution in [0.5, 0.6) is 0 Å². The SMILES string of the molecule is N#Cc1nc(CO)cc(C(F)(F)F)c1C(F)F. The first-order chi connectivity index (χ1) is 7.81. The lowest BCUT2D eigenvalue weighted by atomic mass is 10.1. The number of alkyl halides is 5. The van der Waals surface area contributed by atoms with Gasteiger partial charge >= 0.3 is 6.18 Å². The van der Waals surface area contributed by atoms with Crippen LogP contribution in [0.3, 0.4) is 0 Å². The van der Waals surface area contributed by atoms with Crippen LogP contribution in [0, 0.1) is 11.3 Å². The van der Waals surface area contributed by atoms with Crippen molar-refractivity contribution in [1.29, 1.82) is 5.26 Å². The summed E-state index contributed by atoms with van der Waals surface area (Å²) in [4.78, 5) is 3.21. The van der Waals surface area contributed by atoms with E-state index in [1.165, 1.54) is 0 Å². The van der Waals surface area contributed by atoms with E-state index in [0.717, 1.165) is 6.07 Å². The molecule has 1 heterocycles. The maximum absolute atomic E-state index is 12.5. The zero-order valence-electron chi connectivity index (χ0n) is 8.09. The Balaban J connectivity index is 3.60. The summed E-state index contributed by atoms with van der Waals surface area (Å²) in [5.41, 5.74) is -4.63. The van der Waals surface area contributed by atoms with E-state index in [4.69, 9.17) is 10.4 Å². The molecule has 0 atom stereocenters. The third-order valence-electron chi connectivity index (χ3n) is 1.90. The lowest BCUT2D eigenvalue weighted by molar-refractivity contribution is -0.139. The van der Waals surface area contributed by atoms with E-state index in [1.807, 2.05) is 0 Å². The number of aliphatic hydroxyl groups is 1. The van der Waals surface area contributed by atoms with Crippen LogP contribution in [0.25, 0.3) is 0 Å². The molecule has 0 aliphatic heterocycles. The minimum Gasteiger partial charge on any atom is -0.390 e. The summed E-state index contributed by atoms with van der Waals surface area (Å²) in [6, 6.07) is 1.47. The summed E-state index contributed by atoms with van der Waals surface area (Å²) in [6.45, 7) is -0.874. The number of aromatic nitrogens is 1. The van der Waals surface area contributed by atoms with Crippen molar-refractivity contribution in [3.63, 3.8) is 0 Å². The summed E-state index contributed by atoms with van der Waals surface area (Å²) in [5, 5.41) is 17.1. The van der Waals surface area contributed by atoms with Crippen LogP contribution in [-0.4, -0.2) is 10.1 Å². The van der Waals surface area contributed by atoms with Crippen molar-refractivity contribution < 1.29 is 27.1 Å². The molecule has 0 bridgehead atoms. The second-order valence-corrected chi connectivity index (χ2v) is 2.99. The topological polar surface area (TPSA) is 56.9 Å². The van der Waals surface area contributed by atoms with Crippen molar-refractivity contribution >= 4 is 0 Å². The molecule has 0 aliphatic rings. The summed E-state index contributed by atoms with van der Waals surface area (Å²) in [6.07, 6.45) is -8.51. The number of nitriles is 1. The molecule has 0 saturated heterocycles. The Morgan fingerprint density at radius 3 is 2.35 bits per heavy atom. The quantitative estimate of drug-likeness (QED) is 0.822. The van der Waals surface area contributed by atoms with Crippen LogP contribution >= 0.6 is 0 Å². The van der Waals surface area contributed by atoms with Crippen molar-refractivity contribution in [2.75, 3.05) is 0 Å². The lowest BCUT2D eigenvalue weighted by Gasteiger charge is -2.14. The molecule has 92 valence electrons. The first kappa shape index (κ1) is 13.3. The number of halogens is 5. The predicted molar refractivity (Wildman–Crippen MR) is 44.8 cm³/mol. The highest BCUT2D eigenvalue weighted by molar-refractivity contribution is 5.41. The zero-order chi connectivity index (χ0) is 13.2. The van der Waals surface area contributed by atoms with Crippen molar-refractivity contribution in [2.24, 2.45) is 0 Å². The molecule has 1 rings (SSSR count). The molecular formula is C9H5F5N2O. The van der Waals surface area contributed by atoms with Crippen LogP contribution in [0.2, 0.25) is 0 Å². The van der Waals surface area contributed by atoms with Crippen LogP contribution in [-0.2, 0) is 12.8 Å². The van der Waals surface area contributed by atoms with Gasteiger partial charge in [0.2, 0.25) is 0 Å². The number of hydrogen-bond donors (Lipinski definition) is 1. The molecule has 1 N–H and O–H groups in total. The Kier molecular flexibility index (Phi) is 3.63. The first-order valence-electron chi connectivity index (χ1n) is 4.21. The molecule has 3 nitrogen and oxygen atoms in total. The van der Waals surface area contributed by atoms with Gasteiger partial charge in [0, 0.05) is 0 Å². The second-order valence-electron chi connectivity index (χ2n) is 2.99. The fourth-order valence-electron chi connectivity index (χ4n) is 1.23. The van der Waals surface area contributed by atoms with Crippen molar-refractivity contribution in [3.05, 3.63) is 28.6 Å². The Bertz CT molecular complexity index is 464. The van der Waals surface area contributed by atoms with Crippen LogP contribution in [0.15, 0.2) is 6.07 Å². The molecule has 0 unspecified atom stereocenters. The van der Waals surface area contributed by atoms with Gasteiger partial charge in [0.05, 0.1) is 23.4 Å². The molecule has 8 heteroatoms. The molecule has 0 radical (unpaired) electrons. The maximum Gasteiger partial charge on any atom is 0.417 e. The third-order valence-corrected chi connectivity index (χ3v) is 1.90. The minimum absolute atomic E-state index is 0.308.